The van der Waals surface area contributed by atoms with Gasteiger partial charge in [-0.05, 0) is 25.0 Å². The molecular weight excluding hydrogens is 324 g/mol. The van der Waals surface area contributed by atoms with Crippen LogP contribution in [0.4, 0.5) is 5.69 Å². The fraction of sp³-hybridized carbons (Fsp3) is 0.533. The van der Waals surface area contributed by atoms with Gasteiger partial charge in [-0.15, -0.1) is 0 Å². The van der Waals surface area contributed by atoms with E-state index in [4.69, 9.17) is 21.1 Å². The SMILES string of the molecule is O=C(NCC1COC2(CCCC2)O1)c1cc(Cl)ccc1[N+](=O)[O-]. The van der Waals surface area contributed by atoms with E-state index in [9.17, 15) is 14.9 Å². The molecule has 1 unspecified atom stereocenters. The Hall–Kier alpha value is -1.70. The molecule has 8 heteroatoms. The summed E-state index contributed by atoms with van der Waals surface area (Å²) >= 11 is 5.83. The number of hydrogen-bond acceptors (Lipinski definition) is 5. The number of carbonyl (C=O) groups is 1. The molecule has 0 bridgehead atoms. The number of nitrogens with zero attached hydrogens (tertiary/aromatic N) is 1. The fourth-order valence-corrected chi connectivity index (χ4v) is 3.22. The van der Waals surface area contributed by atoms with Crippen LogP contribution in [0.3, 0.4) is 0 Å². The number of benzene rings is 1. The minimum absolute atomic E-state index is 0.0583. The van der Waals surface area contributed by atoms with Crippen molar-refractivity contribution in [3.63, 3.8) is 0 Å². The summed E-state index contributed by atoms with van der Waals surface area (Å²) in [6.45, 7) is 0.655. The van der Waals surface area contributed by atoms with Gasteiger partial charge < -0.3 is 14.8 Å². The molecule has 23 heavy (non-hydrogen) atoms. The zero-order valence-electron chi connectivity index (χ0n) is 12.4. The summed E-state index contributed by atoms with van der Waals surface area (Å²) in [5.74, 6) is -1.03. The summed E-state index contributed by atoms with van der Waals surface area (Å²) in [5, 5.41) is 13.9. The third-order valence-electron chi connectivity index (χ3n) is 4.17. The largest absolute Gasteiger partial charge is 0.349 e. The summed E-state index contributed by atoms with van der Waals surface area (Å²) < 4.78 is 11.6. The van der Waals surface area contributed by atoms with Crippen LogP contribution >= 0.6 is 11.6 Å². The van der Waals surface area contributed by atoms with Crippen LogP contribution in [-0.4, -0.2) is 35.9 Å². The highest BCUT2D eigenvalue weighted by Gasteiger charge is 2.43. The third kappa shape index (κ3) is 3.46. The molecule has 1 aliphatic heterocycles. The van der Waals surface area contributed by atoms with E-state index in [0.717, 1.165) is 25.7 Å². The molecule has 1 saturated carbocycles. The Kier molecular flexibility index (Phi) is 4.52. The number of hydrogen-bond donors (Lipinski definition) is 1. The number of amides is 1. The zero-order valence-corrected chi connectivity index (χ0v) is 13.2. The summed E-state index contributed by atoms with van der Waals surface area (Å²) in [5.41, 5.74) is -0.334. The molecule has 1 spiro atoms. The lowest BCUT2D eigenvalue weighted by Gasteiger charge is -2.21. The standard InChI is InChI=1S/C15H17ClN2O5/c16-10-3-4-13(18(20)21)12(7-10)14(19)17-8-11-9-22-15(23-11)5-1-2-6-15/h3-4,7,11H,1-2,5-6,8-9H2,(H,17,19). The molecule has 2 aliphatic rings. The van der Waals surface area contributed by atoms with Crippen molar-refractivity contribution in [1.29, 1.82) is 0 Å². The Morgan fingerprint density at radius 1 is 1.43 bits per heavy atom. The van der Waals surface area contributed by atoms with E-state index in [1.807, 2.05) is 0 Å². The Labute approximate surface area is 138 Å². The molecule has 7 nitrogen and oxygen atoms in total. The number of nitro groups is 1. The number of carbonyl (C=O) groups excluding carboxylic acids is 1. The monoisotopic (exact) mass is 340 g/mol. The molecule has 1 heterocycles. The van der Waals surface area contributed by atoms with Crippen LogP contribution in [0.25, 0.3) is 0 Å². The minimum atomic E-state index is -0.603. The second-order valence-corrected chi connectivity index (χ2v) is 6.23. The molecule has 1 saturated heterocycles. The van der Waals surface area contributed by atoms with Crippen LogP contribution in [0.1, 0.15) is 36.0 Å². The minimum Gasteiger partial charge on any atom is -0.349 e. The maximum atomic E-state index is 12.2. The summed E-state index contributed by atoms with van der Waals surface area (Å²) in [6.07, 6.45) is 3.66. The first-order valence-corrected chi connectivity index (χ1v) is 7.91. The van der Waals surface area contributed by atoms with Gasteiger partial charge in [0, 0.05) is 30.5 Å². The average molecular weight is 341 g/mol. The van der Waals surface area contributed by atoms with Crippen LogP contribution in [0.5, 0.6) is 0 Å². The Bertz CT molecular complexity index is 630. The number of nitro benzene ring substituents is 1. The van der Waals surface area contributed by atoms with Gasteiger partial charge in [-0.25, -0.2) is 0 Å². The molecule has 1 atom stereocenters. The predicted molar refractivity (Wildman–Crippen MR) is 82.5 cm³/mol. The lowest BCUT2D eigenvalue weighted by atomic mass is 10.1. The van der Waals surface area contributed by atoms with E-state index >= 15 is 0 Å². The van der Waals surface area contributed by atoms with E-state index < -0.39 is 16.6 Å². The van der Waals surface area contributed by atoms with Crippen LogP contribution < -0.4 is 5.32 Å². The number of ether oxygens (including phenoxy) is 2. The Morgan fingerprint density at radius 2 is 2.17 bits per heavy atom. The van der Waals surface area contributed by atoms with Gasteiger partial charge in [-0.3, -0.25) is 14.9 Å². The summed E-state index contributed by atoms with van der Waals surface area (Å²) in [4.78, 5) is 22.6. The number of rotatable bonds is 4. The van der Waals surface area contributed by atoms with Crippen molar-refractivity contribution >= 4 is 23.2 Å². The quantitative estimate of drug-likeness (QED) is 0.672. The highest BCUT2D eigenvalue weighted by Crippen LogP contribution is 2.39. The van der Waals surface area contributed by atoms with Gasteiger partial charge in [0.1, 0.15) is 11.7 Å². The molecule has 3 rings (SSSR count). The molecule has 0 aromatic heterocycles. The van der Waals surface area contributed by atoms with Crippen molar-refractivity contribution in [2.45, 2.75) is 37.6 Å². The Morgan fingerprint density at radius 3 is 2.87 bits per heavy atom. The van der Waals surface area contributed by atoms with Gasteiger partial charge in [0.05, 0.1) is 11.5 Å². The second kappa shape index (κ2) is 6.43. The molecule has 1 aromatic rings. The molecule has 124 valence electrons. The van der Waals surface area contributed by atoms with Crippen LogP contribution in [-0.2, 0) is 9.47 Å². The lowest BCUT2D eigenvalue weighted by molar-refractivity contribution is -0.385. The molecular formula is C15H17ClN2O5. The van der Waals surface area contributed by atoms with E-state index in [-0.39, 0.29) is 28.9 Å². The van der Waals surface area contributed by atoms with Crippen molar-refractivity contribution in [3.05, 3.63) is 38.9 Å². The zero-order chi connectivity index (χ0) is 16.4. The fourth-order valence-electron chi connectivity index (χ4n) is 3.04. The summed E-state index contributed by atoms with van der Waals surface area (Å²) in [7, 11) is 0. The number of nitrogens with one attached hydrogen (secondary N) is 1. The van der Waals surface area contributed by atoms with Crippen molar-refractivity contribution in [3.8, 4) is 0 Å². The third-order valence-corrected chi connectivity index (χ3v) is 4.40. The van der Waals surface area contributed by atoms with Crippen LogP contribution in [0.15, 0.2) is 18.2 Å². The van der Waals surface area contributed by atoms with E-state index in [0.29, 0.717) is 6.61 Å². The molecule has 2 fully saturated rings. The van der Waals surface area contributed by atoms with Crippen molar-refractivity contribution in [2.75, 3.05) is 13.2 Å². The van der Waals surface area contributed by atoms with E-state index in [1.54, 1.807) is 0 Å². The van der Waals surface area contributed by atoms with Gasteiger partial charge in [0.2, 0.25) is 0 Å². The Balaban J connectivity index is 1.62. The van der Waals surface area contributed by atoms with Gasteiger partial charge in [-0.1, -0.05) is 11.6 Å². The van der Waals surface area contributed by atoms with Gasteiger partial charge >= 0.3 is 0 Å². The second-order valence-electron chi connectivity index (χ2n) is 5.80. The maximum Gasteiger partial charge on any atom is 0.282 e. The van der Waals surface area contributed by atoms with E-state index in [1.165, 1.54) is 18.2 Å². The first kappa shape index (κ1) is 16.2. The average Bonchev–Trinajstić information content (AvgIpc) is 3.15. The topological polar surface area (TPSA) is 90.7 Å². The van der Waals surface area contributed by atoms with Crippen LogP contribution in [0.2, 0.25) is 5.02 Å². The molecule has 1 amide bonds. The molecule has 1 aromatic carbocycles. The lowest BCUT2D eigenvalue weighted by Crippen LogP contribution is -2.35. The first-order valence-electron chi connectivity index (χ1n) is 7.53. The van der Waals surface area contributed by atoms with Gasteiger partial charge in [-0.2, -0.15) is 0 Å². The molecule has 1 N–H and O–H groups in total. The normalized spacial score (nSPS) is 22.4. The predicted octanol–water partition coefficient (Wildman–Crippen LogP) is 2.66. The van der Waals surface area contributed by atoms with Crippen molar-refractivity contribution in [1.82, 2.24) is 5.32 Å². The van der Waals surface area contributed by atoms with Crippen LogP contribution in [0, 0.1) is 10.1 Å². The van der Waals surface area contributed by atoms with E-state index in [2.05, 4.69) is 5.32 Å². The molecule has 0 radical (unpaired) electrons. The summed E-state index contributed by atoms with van der Waals surface area (Å²) in [6, 6.07) is 3.90. The van der Waals surface area contributed by atoms with Gasteiger partial charge in [0.15, 0.2) is 5.79 Å². The highest BCUT2D eigenvalue weighted by atomic mass is 35.5. The smallest absolute Gasteiger partial charge is 0.282 e. The van der Waals surface area contributed by atoms with Crippen molar-refractivity contribution in [2.24, 2.45) is 0 Å². The maximum absolute atomic E-state index is 12.2. The van der Waals surface area contributed by atoms with Gasteiger partial charge in [0.25, 0.3) is 11.6 Å². The van der Waals surface area contributed by atoms with Crippen molar-refractivity contribution < 1.29 is 19.2 Å². The highest BCUT2D eigenvalue weighted by molar-refractivity contribution is 6.31. The molecule has 1 aliphatic carbocycles. The first-order chi connectivity index (χ1) is 11.0. The number of halogens is 1.